The van der Waals surface area contributed by atoms with Gasteiger partial charge in [-0.05, 0) is 35.7 Å². The Morgan fingerprint density at radius 2 is 1.78 bits per heavy atom. The highest BCUT2D eigenvalue weighted by molar-refractivity contribution is 8.00. The highest BCUT2D eigenvalue weighted by Gasteiger charge is 2.30. The van der Waals surface area contributed by atoms with Gasteiger partial charge in [0.2, 0.25) is 0 Å². The molecule has 2 N–H and O–H groups in total. The molecule has 0 spiro atoms. The van der Waals surface area contributed by atoms with Gasteiger partial charge < -0.3 is 5.73 Å². The van der Waals surface area contributed by atoms with E-state index >= 15 is 0 Å². The van der Waals surface area contributed by atoms with Crippen molar-refractivity contribution >= 4 is 24.2 Å². The first-order chi connectivity index (χ1) is 7.79. The van der Waals surface area contributed by atoms with Gasteiger partial charge in [-0.2, -0.15) is 13.2 Å². The maximum absolute atomic E-state index is 12.4. The highest BCUT2D eigenvalue weighted by Crippen LogP contribution is 2.40. The van der Waals surface area contributed by atoms with Crippen molar-refractivity contribution in [3.8, 4) is 0 Å². The average Bonchev–Trinajstić information content (AvgIpc) is 2.14. The average molecular weight is 300 g/mol. The largest absolute Gasteiger partial charge is 0.446 e. The Labute approximate surface area is 116 Å². The number of halogens is 4. The molecule has 6 heteroatoms. The van der Waals surface area contributed by atoms with E-state index in [1.807, 2.05) is 13.8 Å². The molecule has 0 aliphatic heterocycles. The van der Waals surface area contributed by atoms with Crippen LogP contribution in [-0.2, 0) is 0 Å². The monoisotopic (exact) mass is 299 g/mol. The predicted octanol–water partition coefficient (Wildman–Crippen LogP) is 4.77. The van der Waals surface area contributed by atoms with Crippen molar-refractivity contribution in [1.82, 2.24) is 0 Å². The number of thioether (sulfide) groups is 1. The standard InChI is InChI=1S/C12H16F3NS.ClH/c1-8(2)7-10(16)9-5-3-4-6-11(9)17-12(13,14)15;/h3-6,8,10H,7,16H2,1-2H3;1H/t10-;/m1./s1. The summed E-state index contributed by atoms with van der Waals surface area (Å²) in [6, 6.07) is 6.10. The van der Waals surface area contributed by atoms with Crippen LogP contribution in [0.4, 0.5) is 13.2 Å². The van der Waals surface area contributed by atoms with E-state index in [-0.39, 0.29) is 35.1 Å². The Morgan fingerprint density at radius 1 is 1.22 bits per heavy atom. The molecule has 1 atom stereocenters. The first-order valence-electron chi connectivity index (χ1n) is 5.40. The second-order valence-electron chi connectivity index (χ2n) is 4.32. The van der Waals surface area contributed by atoms with Crippen LogP contribution in [-0.4, -0.2) is 5.51 Å². The molecule has 0 fully saturated rings. The van der Waals surface area contributed by atoms with Gasteiger partial charge in [0.1, 0.15) is 0 Å². The minimum Gasteiger partial charge on any atom is -0.324 e. The number of benzene rings is 1. The molecule has 0 aliphatic rings. The Hall–Kier alpha value is -0.390. The molecule has 0 saturated carbocycles. The minimum absolute atomic E-state index is 0. The zero-order chi connectivity index (χ0) is 13.1. The summed E-state index contributed by atoms with van der Waals surface area (Å²) in [6.45, 7) is 4.00. The SMILES string of the molecule is CC(C)C[C@@H](N)c1ccccc1SC(F)(F)F.Cl. The van der Waals surface area contributed by atoms with Crippen molar-refractivity contribution in [2.24, 2.45) is 11.7 Å². The summed E-state index contributed by atoms with van der Waals surface area (Å²) in [6.07, 6.45) is 0.676. The molecule has 0 unspecified atom stereocenters. The van der Waals surface area contributed by atoms with E-state index in [0.29, 0.717) is 17.9 Å². The second kappa shape index (κ2) is 7.26. The summed E-state index contributed by atoms with van der Waals surface area (Å²) in [5, 5.41) is 0. The van der Waals surface area contributed by atoms with Crippen LogP contribution in [0.2, 0.25) is 0 Å². The smallest absolute Gasteiger partial charge is 0.324 e. The van der Waals surface area contributed by atoms with Crippen LogP contribution in [0.1, 0.15) is 31.9 Å². The Morgan fingerprint density at radius 3 is 2.28 bits per heavy atom. The van der Waals surface area contributed by atoms with Crippen LogP contribution < -0.4 is 5.73 Å². The van der Waals surface area contributed by atoms with E-state index in [4.69, 9.17) is 5.73 Å². The van der Waals surface area contributed by atoms with E-state index < -0.39 is 5.51 Å². The third kappa shape index (κ3) is 5.98. The molecule has 0 heterocycles. The summed E-state index contributed by atoms with van der Waals surface area (Å²) in [7, 11) is 0. The van der Waals surface area contributed by atoms with Gasteiger partial charge in [-0.1, -0.05) is 32.0 Å². The molecule has 0 bridgehead atoms. The van der Waals surface area contributed by atoms with Gasteiger partial charge in [-0.15, -0.1) is 12.4 Å². The number of nitrogens with two attached hydrogens (primary N) is 1. The van der Waals surface area contributed by atoms with Gasteiger partial charge >= 0.3 is 5.51 Å². The van der Waals surface area contributed by atoms with Crippen LogP contribution in [0.15, 0.2) is 29.2 Å². The zero-order valence-corrected chi connectivity index (χ0v) is 11.8. The second-order valence-corrected chi connectivity index (χ2v) is 5.43. The van der Waals surface area contributed by atoms with Crippen LogP contribution in [0.3, 0.4) is 0 Å². The molecule has 0 amide bonds. The lowest BCUT2D eigenvalue weighted by Crippen LogP contribution is -2.14. The fourth-order valence-corrected chi connectivity index (χ4v) is 2.37. The summed E-state index contributed by atoms with van der Waals surface area (Å²) in [5.74, 6) is 0.356. The summed E-state index contributed by atoms with van der Waals surface area (Å²) < 4.78 is 37.1. The van der Waals surface area contributed by atoms with Gasteiger partial charge in [-0.3, -0.25) is 0 Å². The first kappa shape index (κ1) is 17.6. The van der Waals surface area contributed by atoms with Crippen LogP contribution in [0.25, 0.3) is 0 Å². The first-order valence-corrected chi connectivity index (χ1v) is 6.21. The molecule has 18 heavy (non-hydrogen) atoms. The van der Waals surface area contributed by atoms with Gasteiger partial charge in [0.05, 0.1) is 0 Å². The fraction of sp³-hybridized carbons (Fsp3) is 0.500. The molecule has 104 valence electrons. The lowest BCUT2D eigenvalue weighted by atomic mass is 9.98. The van der Waals surface area contributed by atoms with Crippen molar-refractivity contribution in [3.63, 3.8) is 0 Å². The molecule has 1 aromatic rings. The Balaban J connectivity index is 0.00000289. The van der Waals surface area contributed by atoms with Gasteiger partial charge in [0.15, 0.2) is 0 Å². The van der Waals surface area contributed by atoms with E-state index in [9.17, 15) is 13.2 Å². The molecule has 0 aromatic heterocycles. The number of hydrogen-bond donors (Lipinski definition) is 1. The topological polar surface area (TPSA) is 26.0 Å². The minimum atomic E-state index is -4.27. The van der Waals surface area contributed by atoms with Gasteiger partial charge in [-0.25, -0.2) is 0 Å². The maximum atomic E-state index is 12.4. The summed E-state index contributed by atoms with van der Waals surface area (Å²) in [4.78, 5) is 0.202. The van der Waals surface area contributed by atoms with E-state index in [2.05, 4.69) is 0 Å². The lowest BCUT2D eigenvalue weighted by molar-refractivity contribution is -0.0328. The fourth-order valence-electron chi connectivity index (χ4n) is 1.64. The van der Waals surface area contributed by atoms with Gasteiger partial charge in [0, 0.05) is 10.9 Å². The highest BCUT2D eigenvalue weighted by atomic mass is 35.5. The molecule has 1 aromatic carbocycles. The van der Waals surface area contributed by atoms with Crippen LogP contribution >= 0.6 is 24.2 Å². The molecule has 0 radical (unpaired) electrons. The van der Waals surface area contributed by atoms with Crippen molar-refractivity contribution in [2.45, 2.75) is 36.7 Å². The number of rotatable bonds is 4. The van der Waals surface area contributed by atoms with E-state index in [1.54, 1.807) is 18.2 Å². The van der Waals surface area contributed by atoms with Crippen LogP contribution in [0, 0.1) is 5.92 Å². The van der Waals surface area contributed by atoms with E-state index in [0.717, 1.165) is 0 Å². The molecule has 1 nitrogen and oxygen atoms in total. The quantitative estimate of drug-likeness (QED) is 0.811. The predicted molar refractivity (Wildman–Crippen MR) is 72.0 cm³/mol. The van der Waals surface area contributed by atoms with Crippen LogP contribution in [0.5, 0.6) is 0 Å². The molecule has 0 aliphatic carbocycles. The molecular weight excluding hydrogens is 283 g/mol. The number of alkyl halides is 3. The van der Waals surface area contributed by atoms with Gasteiger partial charge in [0.25, 0.3) is 0 Å². The maximum Gasteiger partial charge on any atom is 0.446 e. The van der Waals surface area contributed by atoms with E-state index in [1.165, 1.54) is 6.07 Å². The van der Waals surface area contributed by atoms with Crippen molar-refractivity contribution < 1.29 is 13.2 Å². The normalized spacial score (nSPS) is 13.3. The zero-order valence-electron chi connectivity index (χ0n) is 10.2. The lowest BCUT2D eigenvalue weighted by Gasteiger charge is -2.18. The summed E-state index contributed by atoms with van der Waals surface area (Å²) >= 11 is -0.0972. The van der Waals surface area contributed by atoms with Crippen molar-refractivity contribution in [3.05, 3.63) is 29.8 Å². The third-order valence-electron chi connectivity index (χ3n) is 2.27. The Kier molecular flexibility index (Phi) is 7.10. The van der Waals surface area contributed by atoms with Crippen molar-refractivity contribution in [1.29, 1.82) is 0 Å². The number of hydrogen-bond acceptors (Lipinski definition) is 2. The van der Waals surface area contributed by atoms with Crippen molar-refractivity contribution in [2.75, 3.05) is 0 Å². The third-order valence-corrected chi connectivity index (χ3v) is 3.09. The molecule has 1 rings (SSSR count). The molecule has 0 saturated heterocycles. The molecular formula is C12H17ClF3NS. The Bertz CT molecular complexity index is 369. The summed E-state index contributed by atoms with van der Waals surface area (Å²) in [5.41, 5.74) is 2.24.